The van der Waals surface area contributed by atoms with E-state index in [1.807, 2.05) is 48.5 Å². The molecule has 0 atom stereocenters. The summed E-state index contributed by atoms with van der Waals surface area (Å²) in [6.07, 6.45) is 0.776. The number of nitrogens with one attached hydrogen (secondary N) is 4. The summed E-state index contributed by atoms with van der Waals surface area (Å²) in [6, 6.07) is 32.7. The second-order valence-corrected chi connectivity index (χ2v) is 9.93. The van der Waals surface area contributed by atoms with Crippen LogP contribution in [0.15, 0.2) is 107 Å². The van der Waals surface area contributed by atoms with E-state index in [2.05, 4.69) is 69.8 Å². The van der Waals surface area contributed by atoms with Crippen LogP contribution in [-0.4, -0.2) is 25.0 Å². The number of aliphatic imine (C=N–C) groups is 2. The first-order chi connectivity index (χ1) is 20.3. The number of hydrogen-bond donors (Lipinski definition) is 4. The lowest BCUT2D eigenvalue weighted by Gasteiger charge is -2.20. The van der Waals surface area contributed by atoms with Gasteiger partial charge in [0.15, 0.2) is 11.9 Å². The monoisotopic (exact) mass is 546 g/mol. The van der Waals surface area contributed by atoms with Crippen LogP contribution in [0.5, 0.6) is 0 Å². The van der Waals surface area contributed by atoms with Crippen molar-refractivity contribution in [2.45, 2.75) is 32.8 Å². The van der Waals surface area contributed by atoms with Crippen molar-refractivity contribution in [3.05, 3.63) is 119 Å². The molecule has 4 aromatic rings. The van der Waals surface area contributed by atoms with Gasteiger partial charge >= 0.3 is 0 Å². The molecule has 0 fully saturated rings. The Hall–Kier alpha value is -4.66. The number of para-hydroxylation sites is 4. The second kappa shape index (κ2) is 13.1. The third-order valence-electron chi connectivity index (χ3n) is 6.97. The third-order valence-corrected chi connectivity index (χ3v) is 6.97. The van der Waals surface area contributed by atoms with Gasteiger partial charge in [-0.15, -0.1) is 0 Å². The average molecular weight is 547 g/mol. The smallest absolute Gasteiger partial charge is 0.200 e. The fourth-order valence-electron chi connectivity index (χ4n) is 4.80. The van der Waals surface area contributed by atoms with E-state index in [-0.39, 0.29) is 0 Å². The van der Waals surface area contributed by atoms with Gasteiger partial charge in [-0.2, -0.15) is 0 Å². The molecular weight excluding hydrogens is 512 g/mol. The molecule has 2 heterocycles. The molecule has 2 aliphatic rings. The van der Waals surface area contributed by atoms with Gasteiger partial charge in [-0.1, -0.05) is 72.8 Å². The van der Waals surface area contributed by atoms with Crippen LogP contribution in [0.4, 0.5) is 22.7 Å². The molecule has 0 aliphatic carbocycles. The van der Waals surface area contributed by atoms with Crippen molar-refractivity contribution in [2.75, 3.05) is 34.4 Å². The highest BCUT2D eigenvalue weighted by Crippen LogP contribution is 2.24. The maximum atomic E-state index is 6.24. The highest BCUT2D eigenvalue weighted by molar-refractivity contribution is 6.05. The molecule has 0 spiro atoms. The Balaban J connectivity index is 1.41. The van der Waals surface area contributed by atoms with Gasteiger partial charge < -0.3 is 30.7 Å². The Morgan fingerprint density at radius 3 is 1.02 bits per heavy atom. The maximum Gasteiger partial charge on any atom is 0.200 e. The van der Waals surface area contributed by atoms with Gasteiger partial charge in [0.1, 0.15) is 0 Å². The second-order valence-electron chi connectivity index (χ2n) is 9.93. The highest BCUT2D eigenvalue weighted by Gasteiger charge is 2.13. The molecule has 41 heavy (non-hydrogen) atoms. The van der Waals surface area contributed by atoms with E-state index in [4.69, 9.17) is 19.5 Å². The lowest BCUT2D eigenvalue weighted by molar-refractivity contribution is 0.108. The molecule has 2 aliphatic heterocycles. The van der Waals surface area contributed by atoms with Crippen LogP contribution in [-0.2, 0) is 35.9 Å². The van der Waals surface area contributed by atoms with Crippen molar-refractivity contribution >= 4 is 34.7 Å². The fourth-order valence-corrected chi connectivity index (χ4v) is 4.80. The minimum absolute atomic E-state index is 0.446. The number of rotatable bonds is 0. The summed E-state index contributed by atoms with van der Waals surface area (Å²) in [5.74, 6) is 1.33. The van der Waals surface area contributed by atoms with Crippen molar-refractivity contribution < 1.29 is 9.47 Å². The lowest BCUT2D eigenvalue weighted by Crippen LogP contribution is -2.25. The molecule has 208 valence electrons. The standard InChI is InChI=1S/C33H34N6O2/c1-5-14-28-24(10-1)20-40-21-25-11-2-6-15-29(25)38-33-35-19-9-18-34-32(36-28)37-30-16-7-3-12-26(30)22-41-23-27-13-4-8-17-31(27)39-33/h1-8,10-17H,9,18-23H2,(H2,34,36,37)(H2,35,38,39). The summed E-state index contributed by atoms with van der Waals surface area (Å²) >= 11 is 0. The minimum Gasteiger partial charge on any atom is -0.372 e. The molecule has 0 amide bonds. The average Bonchev–Trinajstić information content (AvgIpc) is 2.99. The van der Waals surface area contributed by atoms with Crippen LogP contribution in [0.1, 0.15) is 28.7 Å². The Bertz CT molecular complexity index is 1330. The molecule has 6 rings (SSSR count). The molecule has 0 saturated heterocycles. The number of anilines is 4. The normalized spacial score (nSPS) is 16.0. The number of benzene rings is 4. The zero-order chi connectivity index (χ0) is 27.7. The predicted molar refractivity (Wildman–Crippen MR) is 166 cm³/mol. The Labute approximate surface area is 240 Å². The van der Waals surface area contributed by atoms with Gasteiger partial charge in [0.2, 0.25) is 0 Å². The number of guanidine groups is 2. The van der Waals surface area contributed by atoms with Crippen LogP contribution in [0.3, 0.4) is 0 Å². The van der Waals surface area contributed by atoms with Gasteiger partial charge in [0.25, 0.3) is 0 Å². The summed E-state index contributed by atoms with van der Waals surface area (Å²) in [6.45, 7) is 2.97. The molecule has 4 aromatic carbocycles. The van der Waals surface area contributed by atoms with Crippen LogP contribution in [0.25, 0.3) is 0 Å². The van der Waals surface area contributed by atoms with Crippen LogP contribution in [0, 0.1) is 0 Å². The van der Waals surface area contributed by atoms with E-state index < -0.39 is 0 Å². The predicted octanol–water partition coefficient (Wildman–Crippen LogP) is 6.60. The molecule has 0 aromatic heterocycles. The van der Waals surface area contributed by atoms with Crippen LogP contribution >= 0.6 is 0 Å². The van der Waals surface area contributed by atoms with Crippen molar-refractivity contribution in [3.8, 4) is 0 Å². The quantitative estimate of drug-likeness (QED) is 0.199. The highest BCUT2D eigenvalue weighted by atomic mass is 16.5. The van der Waals surface area contributed by atoms with Gasteiger partial charge in [-0.05, 0) is 30.7 Å². The first-order valence-corrected chi connectivity index (χ1v) is 14.0. The van der Waals surface area contributed by atoms with Crippen molar-refractivity contribution in [3.63, 3.8) is 0 Å². The topological polar surface area (TPSA) is 91.3 Å². The largest absolute Gasteiger partial charge is 0.372 e. The molecule has 0 radical (unpaired) electrons. The lowest BCUT2D eigenvalue weighted by atomic mass is 10.1. The van der Waals surface area contributed by atoms with Gasteiger partial charge in [0, 0.05) is 58.1 Å². The molecule has 4 N–H and O–H groups in total. The molecule has 8 nitrogen and oxygen atoms in total. The van der Waals surface area contributed by atoms with E-state index in [9.17, 15) is 0 Å². The van der Waals surface area contributed by atoms with Crippen molar-refractivity contribution in [1.82, 2.24) is 0 Å². The number of fused-ring (bicyclic) bond motifs is 8. The zero-order valence-electron chi connectivity index (χ0n) is 22.9. The maximum absolute atomic E-state index is 6.24. The minimum atomic E-state index is 0.446. The third kappa shape index (κ3) is 6.92. The summed E-state index contributed by atoms with van der Waals surface area (Å²) < 4.78 is 12.5. The van der Waals surface area contributed by atoms with E-state index >= 15 is 0 Å². The van der Waals surface area contributed by atoms with Gasteiger partial charge in [-0.25, -0.2) is 0 Å². The Morgan fingerprint density at radius 2 is 0.707 bits per heavy atom. The summed E-state index contributed by atoms with van der Waals surface area (Å²) in [4.78, 5) is 9.82. The van der Waals surface area contributed by atoms with E-state index in [0.717, 1.165) is 51.4 Å². The molecule has 0 saturated carbocycles. The Kier molecular flexibility index (Phi) is 8.50. The SMILES string of the molecule is c1ccc2c(c1)COCc1ccccc1NC1=NCCCN=C(N2)Nc2ccccc2COCc2ccccc2N1. The summed E-state index contributed by atoms with van der Waals surface area (Å²) in [5, 5.41) is 14.1. The van der Waals surface area contributed by atoms with Gasteiger partial charge in [-0.3, -0.25) is 9.98 Å². The Morgan fingerprint density at radius 1 is 0.415 bits per heavy atom. The number of hydrogen-bond acceptors (Lipinski definition) is 8. The molecular formula is C33H34N6O2. The fraction of sp³-hybridized carbons (Fsp3) is 0.212. The van der Waals surface area contributed by atoms with Crippen LogP contribution in [0.2, 0.25) is 0 Å². The van der Waals surface area contributed by atoms with E-state index in [1.54, 1.807) is 0 Å². The molecule has 0 unspecified atom stereocenters. The number of ether oxygens (including phenoxy) is 2. The van der Waals surface area contributed by atoms with Crippen LogP contribution < -0.4 is 21.3 Å². The summed E-state index contributed by atoms with van der Waals surface area (Å²) in [7, 11) is 0. The van der Waals surface area contributed by atoms with Gasteiger partial charge in [0.05, 0.1) is 26.4 Å². The first-order valence-electron chi connectivity index (χ1n) is 14.0. The molecule has 8 heteroatoms. The first kappa shape index (κ1) is 26.6. The van der Waals surface area contributed by atoms with Crippen molar-refractivity contribution in [1.29, 1.82) is 0 Å². The number of nitrogens with zero attached hydrogens (tertiary/aromatic N) is 2. The zero-order valence-corrected chi connectivity index (χ0v) is 22.9. The summed E-state index contributed by atoms with van der Waals surface area (Å²) in [5.41, 5.74) is 7.97. The van der Waals surface area contributed by atoms with Crippen molar-refractivity contribution in [2.24, 2.45) is 9.98 Å². The molecule has 2 bridgehead atoms. The van der Waals surface area contributed by atoms with E-state index in [1.165, 1.54) is 0 Å². The van der Waals surface area contributed by atoms with E-state index in [0.29, 0.717) is 51.4 Å².